The fourth-order valence-corrected chi connectivity index (χ4v) is 2.79. The largest absolute Gasteiger partial charge is 0.325 e. The van der Waals surface area contributed by atoms with E-state index in [4.69, 9.17) is 5.73 Å². The van der Waals surface area contributed by atoms with Gasteiger partial charge < -0.3 is 5.73 Å². The van der Waals surface area contributed by atoms with Crippen molar-refractivity contribution < 1.29 is 0 Å². The topological polar surface area (TPSA) is 56.7 Å². The third-order valence-corrected chi connectivity index (χ3v) is 3.68. The first kappa shape index (κ1) is 14.5. The number of benzene rings is 2. The highest BCUT2D eigenvalue weighted by Crippen LogP contribution is 2.26. The zero-order valence-corrected chi connectivity index (χ0v) is 13.2. The van der Waals surface area contributed by atoms with E-state index < -0.39 is 0 Å². The Balaban J connectivity index is 2.23. The summed E-state index contributed by atoms with van der Waals surface area (Å²) in [4.78, 5) is 0. The maximum Gasteiger partial charge on any atom is 0.105 e. The molecule has 22 heavy (non-hydrogen) atoms. The van der Waals surface area contributed by atoms with Crippen LogP contribution in [0, 0.1) is 20.8 Å². The van der Waals surface area contributed by atoms with Crippen molar-refractivity contribution in [3.63, 3.8) is 0 Å². The minimum absolute atomic E-state index is 0.369. The highest BCUT2D eigenvalue weighted by atomic mass is 15.4. The standard InChI is InChI=1S/C18H20N4/c1-12-5-4-6-15(8-12)18-17(11-19)20-21-22(18)16-9-13(2)7-14(3)10-16/h4-10H,11,19H2,1-3H3. The molecule has 3 aromatic rings. The Bertz CT molecular complexity index is 797. The van der Waals surface area contributed by atoms with Gasteiger partial charge in [0.05, 0.1) is 11.4 Å². The molecule has 2 aromatic carbocycles. The summed E-state index contributed by atoms with van der Waals surface area (Å²) in [7, 11) is 0. The first-order valence-corrected chi connectivity index (χ1v) is 7.39. The molecule has 0 saturated carbocycles. The van der Waals surface area contributed by atoms with E-state index in [1.165, 1.54) is 16.7 Å². The average Bonchev–Trinajstić information content (AvgIpc) is 2.90. The third-order valence-electron chi connectivity index (χ3n) is 3.68. The molecule has 0 fully saturated rings. The van der Waals surface area contributed by atoms with Gasteiger partial charge in [0.2, 0.25) is 0 Å². The molecule has 0 unspecified atom stereocenters. The molecule has 0 bridgehead atoms. The first-order valence-electron chi connectivity index (χ1n) is 7.39. The van der Waals surface area contributed by atoms with Gasteiger partial charge in [-0.3, -0.25) is 0 Å². The quantitative estimate of drug-likeness (QED) is 0.805. The normalized spacial score (nSPS) is 10.9. The van der Waals surface area contributed by atoms with Crippen LogP contribution in [-0.2, 0) is 6.54 Å². The summed E-state index contributed by atoms with van der Waals surface area (Å²) in [5.74, 6) is 0. The van der Waals surface area contributed by atoms with Gasteiger partial charge in [-0.2, -0.15) is 0 Å². The van der Waals surface area contributed by atoms with Crippen LogP contribution in [0.4, 0.5) is 0 Å². The van der Waals surface area contributed by atoms with Gasteiger partial charge in [-0.1, -0.05) is 35.0 Å². The SMILES string of the molecule is Cc1cccc(-c2c(CN)nnn2-c2cc(C)cc(C)c2)c1. The lowest BCUT2D eigenvalue weighted by Crippen LogP contribution is -2.03. The molecule has 1 heterocycles. The molecular formula is C18H20N4. The Labute approximate surface area is 130 Å². The van der Waals surface area contributed by atoms with Crippen LogP contribution in [0.1, 0.15) is 22.4 Å². The predicted molar refractivity (Wildman–Crippen MR) is 88.9 cm³/mol. The molecular weight excluding hydrogens is 272 g/mol. The molecule has 0 spiro atoms. The molecule has 112 valence electrons. The van der Waals surface area contributed by atoms with Gasteiger partial charge in [-0.05, 0) is 50.1 Å². The summed E-state index contributed by atoms with van der Waals surface area (Å²) in [6, 6.07) is 14.7. The second-order valence-corrected chi connectivity index (χ2v) is 5.72. The summed E-state index contributed by atoms with van der Waals surface area (Å²) in [6.45, 7) is 6.62. The number of hydrogen-bond acceptors (Lipinski definition) is 3. The maximum atomic E-state index is 5.86. The van der Waals surface area contributed by atoms with Crippen molar-refractivity contribution in [2.24, 2.45) is 5.73 Å². The molecule has 0 radical (unpaired) electrons. The van der Waals surface area contributed by atoms with Crippen molar-refractivity contribution in [1.29, 1.82) is 0 Å². The van der Waals surface area contributed by atoms with Gasteiger partial charge in [0.15, 0.2) is 0 Å². The Morgan fingerprint density at radius 1 is 0.955 bits per heavy atom. The first-order chi connectivity index (χ1) is 10.6. The van der Waals surface area contributed by atoms with Crippen molar-refractivity contribution in [2.75, 3.05) is 0 Å². The third kappa shape index (κ3) is 2.65. The summed E-state index contributed by atoms with van der Waals surface area (Å²) < 4.78 is 1.89. The number of aryl methyl sites for hydroxylation is 3. The molecule has 4 heteroatoms. The van der Waals surface area contributed by atoms with Gasteiger partial charge in [0.1, 0.15) is 5.69 Å². The minimum atomic E-state index is 0.369. The minimum Gasteiger partial charge on any atom is -0.325 e. The smallest absolute Gasteiger partial charge is 0.105 e. The van der Waals surface area contributed by atoms with Gasteiger partial charge in [-0.25, -0.2) is 4.68 Å². The molecule has 0 atom stereocenters. The lowest BCUT2D eigenvalue weighted by Gasteiger charge is -2.10. The van der Waals surface area contributed by atoms with Crippen molar-refractivity contribution in [2.45, 2.75) is 27.3 Å². The fraction of sp³-hybridized carbons (Fsp3) is 0.222. The van der Waals surface area contributed by atoms with E-state index in [2.05, 4.69) is 67.5 Å². The van der Waals surface area contributed by atoms with Crippen LogP contribution in [0.2, 0.25) is 0 Å². The number of aromatic nitrogens is 3. The van der Waals surface area contributed by atoms with E-state index in [1.54, 1.807) is 0 Å². The van der Waals surface area contributed by atoms with Gasteiger partial charge >= 0.3 is 0 Å². The predicted octanol–water partition coefficient (Wildman–Crippen LogP) is 3.32. The molecule has 0 saturated heterocycles. The average molecular weight is 292 g/mol. The van der Waals surface area contributed by atoms with Crippen molar-refractivity contribution in [3.05, 3.63) is 64.8 Å². The number of hydrogen-bond donors (Lipinski definition) is 1. The van der Waals surface area contributed by atoms with Crippen LogP contribution in [-0.4, -0.2) is 15.0 Å². The highest BCUT2D eigenvalue weighted by Gasteiger charge is 2.15. The second-order valence-electron chi connectivity index (χ2n) is 5.72. The van der Waals surface area contributed by atoms with Gasteiger partial charge in [0.25, 0.3) is 0 Å². The highest BCUT2D eigenvalue weighted by molar-refractivity contribution is 5.65. The van der Waals surface area contributed by atoms with Crippen LogP contribution >= 0.6 is 0 Å². The van der Waals surface area contributed by atoms with Crippen LogP contribution in [0.25, 0.3) is 16.9 Å². The zero-order valence-electron chi connectivity index (χ0n) is 13.2. The molecule has 0 aliphatic rings. The fourth-order valence-electron chi connectivity index (χ4n) is 2.79. The molecule has 1 aromatic heterocycles. The Hall–Kier alpha value is -2.46. The number of rotatable bonds is 3. The lowest BCUT2D eigenvalue weighted by atomic mass is 10.1. The van der Waals surface area contributed by atoms with Crippen molar-refractivity contribution >= 4 is 0 Å². The molecule has 0 aliphatic carbocycles. The monoisotopic (exact) mass is 292 g/mol. The van der Waals surface area contributed by atoms with Crippen molar-refractivity contribution in [3.8, 4) is 16.9 Å². The summed E-state index contributed by atoms with van der Waals surface area (Å²) in [6.07, 6.45) is 0. The van der Waals surface area contributed by atoms with E-state index in [0.717, 1.165) is 22.6 Å². The Kier molecular flexibility index (Phi) is 3.77. The molecule has 2 N–H and O–H groups in total. The van der Waals surface area contributed by atoms with E-state index in [1.807, 2.05) is 10.7 Å². The molecule has 0 amide bonds. The summed E-state index contributed by atoms with van der Waals surface area (Å²) in [5, 5.41) is 8.60. The second kappa shape index (κ2) is 5.73. The summed E-state index contributed by atoms with van der Waals surface area (Å²) in [5.41, 5.74) is 13.4. The number of nitrogens with two attached hydrogens (primary N) is 1. The van der Waals surface area contributed by atoms with Crippen LogP contribution in [0.3, 0.4) is 0 Å². The van der Waals surface area contributed by atoms with Crippen molar-refractivity contribution in [1.82, 2.24) is 15.0 Å². The van der Waals surface area contributed by atoms with E-state index >= 15 is 0 Å². The molecule has 3 rings (SSSR count). The molecule has 4 nitrogen and oxygen atoms in total. The van der Waals surface area contributed by atoms with Crippen LogP contribution < -0.4 is 5.73 Å². The van der Waals surface area contributed by atoms with E-state index in [9.17, 15) is 0 Å². The Morgan fingerprint density at radius 2 is 1.68 bits per heavy atom. The van der Waals surface area contributed by atoms with Gasteiger partial charge in [-0.15, -0.1) is 5.10 Å². The van der Waals surface area contributed by atoms with Gasteiger partial charge in [0, 0.05) is 12.1 Å². The maximum absolute atomic E-state index is 5.86. The van der Waals surface area contributed by atoms with Crippen LogP contribution in [0.5, 0.6) is 0 Å². The zero-order chi connectivity index (χ0) is 15.7. The lowest BCUT2D eigenvalue weighted by molar-refractivity contribution is 0.798. The van der Waals surface area contributed by atoms with Crippen LogP contribution in [0.15, 0.2) is 42.5 Å². The molecule has 0 aliphatic heterocycles. The number of nitrogens with zero attached hydrogens (tertiary/aromatic N) is 3. The van der Waals surface area contributed by atoms with E-state index in [0.29, 0.717) is 6.54 Å². The van der Waals surface area contributed by atoms with E-state index in [-0.39, 0.29) is 0 Å². The Morgan fingerprint density at radius 3 is 2.32 bits per heavy atom. The summed E-state index contributed by atoms with van der Waals surface area (Å²) >= 11 is 0.